The van der Waals surface area contributed by atoms with Crippen LogP contribution in [0.25, 0.3) is 0 Å². The third-order valence-corrected chi connectivity index (χ3v) is 5.22. The second-order valence-electron chi connectivity index (χ2n) is 7.08. The van der Waals surface area contributed by atoms with Gasteiger partial charge >= 0.3 is 0 Å². The topological polar surface area (TPSA) is 24.5 Å². The van der Waals surface area contributed by atoms with Crippen LogP contribution in [0.5, 0.6) is 0 Å². The largest absolute Gasteiger partial charge is 0.383 e. The zero-order valence-electron chi connectivity index (χ0n) is 15.2. The molecule has 21 heavy (non-hydrogen) atoms. The summed E-state index contributed by atoms with van der Waals surface area (Å²) in [7, 11) is 1.81. The van der Waals surface area contributed by atoms with Gasteiger partial charge in [-0.25, -0.2) is 0 Å². The number of ether oxygens (including phenoxy) is 1. The van der Waals surface area contributed by atoms with Gasteiger partial charge in [0.2, 0.25) is 0 Å². The van der Waals surface area contributed by atoms with Crippen LogP contribution in [0.1, 0.15) is 60.3 Å². The molecule has 4 unspecified atom stereocenters. The van der Waals surface area contributed by atoms with Crippen molar-refractivity contribution in [3.05, 3.63) is 0 Å². The normalized spacial score (nSPS) is 28.3. The Kier molecular flexibility index (Phi) is 8.84. The summed E-state index contributed by atoms with van der Waals surface area (Å²) in [5.41, 5.74) is 0. The molecule has 0 saturated heterocycles. The van der Waals surface area contributed by atoms with E-state index in [-0.39, 0.29) is 0 Å². The summed E-state index contributed by atoms with van der Waals surface area (Å²) in [4.78, 5) is 2.67. The third-order valence-electron chi connectivity index (χ3n) is 5.22. The molecule has 0 aromatic heterocycles. The molecule has 3 heteroatoms. The lowest BCUT2D eigenvalue weighted by Gasteiger charge is -2.46. The van der Waals surface area contributed by atoms with Crippen LogP contribution in [0.15, 0.2) is 0 Å². The standard InChI is InChI=1S/C18H38N2O/c1-7-11-19-17-10-9-16(14(3)4)12-18(17)20(8-2)15(5)13-21-6/h14-19H,7-13H2,1-6H3. The Labute approximate surface area is 132 Å². The molecular weight excluding hydrogens is 260 g/mol. The highest BCUT2D eigenvalue weighted by molar-refractivity contribution is 4.93. The van der Waals surface area contributed by atoms with Crippen molar-refractivity contribution in [1.29, 1.82) is 0 Å². The Morgan fingerprint density at radius 2 is 1.90 bits per heavy atom. The van der Waals surface area contributed by atoms with Crippen molar-refractivity contribution < 1.29 is 4.74 Å². The van der Waals surface area contributed by atoms with Crippen LogP contribution in [0.2, 0.25) is 0 Å². The fourth-order valence-corrected chi connectivity index (χ4v) is 3.93. The molecule has 0 amide bonds. The van der Waals surface area contributed by atoms with Crippen molar-refractivity contribution >= 4 is 0 Å². The second-order valence-corrected chi connectivity index (χ2v) is 7.08. The Balaban J connectivity index is 2.79. The minimum Gasteiger partial charge on any atom is -0.383 e. The summed E-state index contributed by atoms with van der Waals surface area (Å²) in [5, 5.41) is 3.81. The van der Waals surface area contributed by atoms with Gasteiger partial charge < -0.3 is 10.1 Å². The SMILES string of the molecule is CCCNC1CCC(C(C)C)CC1N(CC)C(C)COC. The van der Waals surface area contributed by atoms with Crippen molar-refractivity contribution in [3.8, 4) is 0 Å². The predicted octanol–water partition coefficient (Wildman–Crippen LogP) is 3.54. The maximum atomic E-state index is 5.41. The molecule has 0 aromatic carbocycles. The highest BCUT2D eigenvalue weighted by Crippen LogP contribution is 2.33. The van der Waals surface area contributed by atoms with Gasteiger partial charge in [-0.15, -0.1) is 0 Å². The molecular formula is C18H38N2O. The number of hydrogen-bond acceptors (Lipinski definition) is 3. The van der Waals surface area contributed by atoms with Crippen LogP contribution in [-0.4, -0.2) is 49.8 Å². The maximum absolute atomic E-state index is 5.41. The van der Waals surface area contributed by atoms with E-state index in [1.54, 1.807) is 0 Å². The summed E-state index contributed by atoms with van der Waals surface area (Å²) in [6.45, 7) is 14.7. The molecule has 1 fully saturated rings. The molecule has 4 atom stereocenters. The number of nitrogens with zero attached hydrogens (tertiary/aromatic N) is 1. The van der Waals surface area contributed by atoms with E-state index in [1.807, 2.05) is 7.11 Å². The van der Waals surface area contributed by atoms with Crippen molar-refractivity contribution in [2.45, 2.75) is 78.4 Å². The van der Waals surface area contributed by atoms with E-state index in [2.05, 4.69) is 44.8 Å². The summed E-state index contributed by atoms with van der Waals surface area (Å²) in [5.74, 6) is 1.68. The Hall–Kier alpha value is -0.120. The molecule has 0 aliphatic heterocycles. The van der Waals surface area contributed by atoms with Crippen molar-refractivity contribution in [2.75, 3.05) is 26.8 Å². The summed E-state index contributed by atoms with van der Waals surface area (Å²) in [6.07, 6.45) is 5.26. The Morgan fingerprint density at radius 3 is 2.43 bits per heavy atom. The van der Waals surface area contributed by atoms with E-state index in [0.29, 0.717) is 18.1 Å². The number of hydrogen-bond donors (Lipinski definition) is 1. The maximum Gasteiger partial charge on any atom is 0.0615 e. The average Bonchev–Trinajstić information content (AvgIpc) is 2.46. The fourth-order valence-electron chi connectivity index (χ4n) is 3.93. The lowest BCUT2D eigenvalue weighted by atomic mass is 9.76. The zero-order chi connectivity index (χ0) is 15.8. The van der Waals surface area contributed by atoms with Crippen LogP contribution >= 0.6 is 0 Å². The summed E-state index contributed by atoms with van der Waals surface area (Å²) in [6, 6.07) is 1.81. The molecule has 1 rings (SSSR count). The van der Waals surface area contributed by atoms with Gasteiger partial charge in [0, 0.05) is 25.2 Å². The second kappa shape index (κ2) is 9.81. The van der Waals surface area contributed by atoms with Gasteiger partial charge in [-0.3, -0.25) is 4.90 Å². The van der Waals surface area contributed by atoms with E-state index in [0.717, 1.165) is 31.5 Å². The number of methoxy groups -OCH3 is 1. The van der Waals surface area contributed by atoms with Crippen LogP contribution in [0.4, 0.5) is 0 Å². The first kappa shape index (κ1) is 18.9. The van der Waals surface area contributed by atoms with Crippen LogP contribution in [-0.2, 0) is 4.74 Å². The van der Waals surface area contributed by atoms with Gasteiger partial charge in [0.15, 0.2) is 0 Å². The van der Waals surface area contributed by atoms with Gasteiger partial charge in [-0.1, -0.05) is 27.7 Å². The monoisotopic (exact) mass is 298 g/mol. The van der Waals surface area contributed by atoms with E-state index < -0.39 is 0 Å². The zero-order valence-corrected chi connectivity index (χ0v) is 15.2. The summed E-state index contributed by atoms with van der Waals surface area (Å²) >= 11 is 0. The number of likely N-dealkylation sites (N-methyl/N-ethyl adjacent to an activating group) is 1. The first-order chi connectivity index (χ1) is 10.0. The van der Waals surface area contributed by atoms with Gasteiger partial charge in [-0.2, -0.15) is 0 Å². The lowest BCUT2D eigenvalue weighted by Crippen LogP contribution is -2.57. The minimum atomic E-state index is 0.502. The third kappa shape index (κ3) is 5.54. The average molecular weight is 299 g/mol. The number of rotatable bonds is 9. The van der Waals surface area contributed by atoms with E-state index in [1.165, 1.54) is 25.7 Å². The Morgan fingerprint density at radius 1 is 1.19 bits per heavy atom. The van der Waals surface area contributed by atoms with Gasteiger partial charge in [0.05, 0.1) is 6.61 Å². The summed E-state index contributed by atoms with van der Waals surface area (Å²) < 4.78 is 5.41. The van der Waals surface area contributed by atoms with Crippen molar-refractivity contribution in [1.82, 2.24) is 10.2 Å². The number of nitrogens with one attached hydrogen (secondary N) is 1. The molecule has 3 nitrogen and oxygen atoms in total. The van der Waals surface area contributed by atoms with Gasteiger partial charge in [0.1, 0.15) is 0 Å². The van der Waals surface area contributed by atoms with Crippen LogP contribution in [0.3, 0.4) is 0 Å². The first-order valence-corrected chi connectivity index (χ1v) is 9.03. The molecule has 0 radical (unpaired) electrons. The molecule has 0 aromatic rings. The smallest absolute Gasteiger partial charge is 0.0615 e. The van der Waals surface area contributed by atoms with Gasteiger partial charge in [-0.05, 0) is 57.5 Å². The molecule has 1 N–H and O–H groups in total. The minimum absolute atomic E-state index is 0.502. The molecule has 1 saturated carbocycles. The van der Waals surface area contributed by atoms with Crippen molar-refractivity contribution in [3.63, 3.8) is 0 Å². The molecule has 1 aliphatic rings. The highest BCUT2D eigenvalue weighted by atomic mass is 16.5. The van der Waals surface area contributed by atoms with Crippen molar-refractivity contribution in [2.24, 2.45) is 11.8 Å². The molecule has 0 bridgehead atoms. The van der Waals surface area contributed by atoms with Crippen LogP contribution < -0.4 is 5.32 Å². The van der Waals surface area contributed by atoms with E-state index >= 15 is 0 Å². The van der Waals surface area contributed by atoms with Gasteiger partial charge in [0.25, 0.3) is 0 Å². The van der Waals surface area contributed by atoms with Crippen LogP contribution in [0, 0.1) is 11.8 Å². The van der Waals surface area contributed by atoms with E-state index in [9.17, 15) is 0 Å². The highest BCUT2D eigenvalue weighted by Gasteiger charge is 2.36. The first-order valence-electron chi connectivity index (χ1n) is 9.03. The van der Waals surface area contributed by atoms with E-state index in [4.69, 9.17) is 4.74 Å². The molecule has 0 spiro atoms. The molecule has 1 aliphatic carbocycles. The lowest BCUT2D eigenvalue weighted by molar-refractivity contribution is 0.0269. The Bertz CT molecular complexity index is 270. The molecule has 126 valence electrons. The quantitative estimate of drug-likeness (QED) is 0.704. The fraction of sp³-hybridized carbons (Fsp3) is 1.00. The molecule has 0 heterocycles. The predicted molar refractivity (Wildman–Crippen MR) is 91.8 cm³/mol.